The summed E-state index contributed by atoms with van der Waals surface area (Å²) >= 11 is 0. The molecule has 2 aliphatic carbocycles. The van der Waals surface area contributed by atoms with Gasteiger partial charge in [-0.15, -0.1) is 0 Å². The van der Waals surface area contributed by atoms with E-state index in [1.807, 2.05) is 0 Å². The first kappa shape index (κ1) is 17.0. The molecule has 2 aromatic rings. The highest BCUT2D eigenvalue weighted by molar-refractivity contribution is 5.25. The van der Waals surface area contributed by atoms with Crippen molar-refractivity contribution in [2.45, 2.75) is 63.0 Å². The minimum Gasteiger partial charge on any atom is -0.271 e. The van der Waals surface area contributed by atoms with Gasteiger partial charge in [0.1, 0.15) is 17.5 Å². The van der Waals surface area contributed by atoms with Crippen molar-refractivity contribution in [3.05, 3.63) is 51.7 Å². The zero-order valence-electron chi connectivity index (χ0n) is 14.6. The van der Waals surface area contributed by atoms with Crippen LogP contribution in [0.15, 0.2) is 23.0 Å². The molecule has 0 saturated heterocycles. The highest BCUT2D eigenvalue weighted by Crippen LogP contribution is 2.62. The molecule has 1 aliphatic heterocycles. The number of benzene rings is 1. The smallest absolute Gasteiger partial charge is 0.271 e. The number of nitrogens with zero attached hydrogens (tertiary/aromatic N) is 3. The van der Waals surface area contributed by atoms with Crippen LogP contribution >= 0.6 is 0 Å². The molecule has 1 atom stereocenters. The minimum absolute atomic E-state index is 0.271. The van der Waals surface area contributed by atoms with Gasteiger partial charge in [-0.25, -0.2) is 27.0 Å². The van der Waals surface area contributed by atoms with Crippen LogP contribution in [0.1, 0.15) is 56.0 Å². The van der Waals surface area contributed by atoms with Crippen molar-refractivity contribution in [2.75, 3.05) is 0 Å². The second-order valence-corrected chi connectivity index (χ2v) is 8.30. The summed E-state index contributed by atoms with van der Waals surface area (Å²) in [5.74, 6) is -0.818. The Balaban J connectivity index is 1.56. The molecule has 0 amide bonds. The first-order chi connectivity index (χ1) is 12.8. The summed E-state index contributed by atoms with van der Waals surface area (Å²) in [6.07, 6.45) is 0.772. The summed E-state index contributed by atoms with van der Waals surface area (Å²) in [4.78, 5) is 13.1. The lowest BCUT2D eigenvalue weighted by atomic mass is 9.84. The van der Waals surface area contributed by atoms with E-state index in [1.54, 1.807) is 0 Å². The summed E-state index contributed by atoms with van der Waals surface area (Å²) in [6.45, 7) is 0. The lowest BCUT2D eigenvalue weighted by Crippen LogP contribution is -2.40. The van der Waals surface area contributed by atoms with E-state index in [2.05, 4.69) is 5.10 Å². The molecule has 144 valence electrons. The molecule has 1 aromatic heterocycles. The van der Waals surface area contributed by atoms with E-state index in [-0.39, 0.29) is 12.1 Å². The molecule has 2 bridgehead atoms. The summed E-state index contributed by atoms with van der Waals surface area (Å²) < 4.78 is 57.2. The molecular weight excluding hydrogens is 362 g/mol. The summed E-state index contributed by atoms with van der Waals surface area (Å²) in [5.41, 5.74) is -1.62. The Morgan fingerprint density at radius 3 is 2.33 bits per heavy atom. The zero-order chi connectivity index (χ0) is 19.0. The molecule has 0 radical (unpaired) electrons. The van der Waals surface area contributed by atoms with Crippen LogP contribution in [-0.2, 0) is 12.0 Å². The van der Waals surface area contributed by atoms with Crippen molar-refractivity contribution in [2.24, 2.45) is 5.41 Å². The van der Waals surface area contributed by atoms with Gasteiger partial charge in [0.2, 0.25) is 6.43 Å². The average Bonchev–Trinajstić information content (AvgIpc) is 3.34. The van der Waals surface area contributed by atoms with Crippen molar-refractivity contribution in [1.29, 1.82) is 0 Å². The van der Waals surface area contributed by atoms with E-state index in [9.17, 15) is 22.4 Å². The SMILES string of the molecule is O=c1n(C23CCC(C(F)F)(CC2)C3)nc2n1[C@H](c1cc(F)cc(F)c1)CC2. The second-order valence-electron chi connectivity index (χ2n) is 8.30. The third-order valence-corrected chi connectivity index (χ3v) is 6.87. The van der Waals surface area contributed by atoms with Crippen molar-refractivity contribution in [3.63, 3.8) is 0 Å². The largest absolute Gasteiger partial charge is 0.347 e. The fraction of sp³-hybridized carbons (Fsp3) is 0.579. The fourth-order valence-corrected chi connectivity index (χ4v) is 5.49. The van der Waals surface area contributed by atoms with Crippen LogP contribution in [0.25, 0.3) is 0 Å². The third kappa shape index (κ3) is 2.28. The lowest BCUT2D eigenvalue weighted by Gasteiger charge is -2.27. The van der Waals surface area contributed by atoms with Crippen molar-refractivity contribution < 1.29 is 17.6 Å². The van der Waals surface area contributed by atoms with E-state index in [4.69, 9.17) is 0 Å². The molecule has 5 rings (SSSR count). The number of hydrogen-bond donors (Lipinski definition) is 0. The Labute approximate surface area is 152 Å². The minimum atomic E-state index is -2.39. The standard InChI is InChI=1S/C19H19F4N3O/c20-12-7-11(8-13(21)9-12)14-1-2-15-24-26(17(27)25(14)15)19-5-3-18(10-19,4-6-19)16(22)23/h7-9,14,16H,1-6,10H2/t14-,18?,19?/m0/s1. The van der Waals surface area contributed by atoms with Crippen LogP contribution in [0.3, 0.4) is 0 Å². The fourth-order valence-electron chi connectivity index (χ4n) is 5.49. The summed E-state index contributed by atoms with van der Waals surface area (Å²) in [6, 6.07) is 2.78. The predicted octanol–water partition coefficient (Wildman–Crippen LogP) is 3.78. The van der Waals surface area contributed by atoms with E-state index in [1.165, 1.54) is 21.4 Å². The Morgan fingerprint density at radius 1 is 1.07 bits per heavy atom. The molecule has 0 N–H and O–H groups in total. The number of rotatable bonds is 3. The number of hydrogen-bond acceptors (Lipinski definition) is 2. The molecule has 0 unspecified atom stereocenters. The first-order valence-electron chi connectivity index (χ1n) is 9.29. The summed E-state index contributed by atoms with van der Waals surface area (Å²) in [5, 5.41) is 4.49. The number of halogens is 4. The maximum absolute atomic E-state index is 13.6. The molecule has 2 fully saturated rings. The molecule has 2 saturated carbocycles. The Kier molecular flexibility index (Phi) is 3.44. The monoisotopic (exact) mass is 381 g/mol. The predicted molar refractivity (Wildman–Crippen MR) is 88.8 cm³/mol. The molecule has 8 heteroatoms. The Hall–Kier alpha value is -2.12. The van der Waals surface area contributed by atoms with Gasteiger partial charge in [0.05, 0.1) is 11.6 Å². The molecule has 1 aromatic carbocycles. The maximum atomic E-state index is 13.6. The van der Waals surface area contributed by atoms with Crippen molar-refractivity contribution in [1.82, 2.24) is 14.3 Å². The third-order valence-electron chi connectivity index (χ3n) is 6.87. The number of aromatic nitrogens is 3. The van der Waals surface area contributed by atoms with Gasteiger partial charge in [-0.1, -0.05) is 0 Å². The number of alkyl halides is 2. The molecule has 2 heterocycles. The Bertz CT molecular complexity index is 952. The quantitative estimate of drug-likeness (QED) is 0.759. The van der Waals surface area contributed by atoms with Crippen LogP contribution in [0.2, 0.25) is 0 Å². The molecule has 4 nitrogen and oxygen atoms in total. The number of aryl methyl sites for hydroxylation is 1. The lowest BCUT2D eigenvalue weighted by molar-refractivity contribution is 0.00159. The molecular formula is C19H19F4N3O. The van der Waals surface area contributed by atoms with E-state index < -0.39 is 35.1 Å². The maximum Gasteiger partial charge on any atom is 0.347 e. The van der Waals surface area contributed by atoms with Crippen molar-refractivity contribution in [3.8, 4) is 0 Å². The first-order valence-corrected chi connectivity index (χ1v) is 9.29. The number of fused-ring (bicyclic) bond motifs is 3. The topological polar surface area (TPSA) is 39.8 Å². The normalized spacial score (nSPS) is 31.8. The highest BCUT2D eigenvalue weighted by Gasteiger charge is 2.60. The van der Waals surface area contributed by atoms with Gasteiger partial charge in [-0.2, -0.15) is 5.10 Å². The van der Waals surface area contributed by atoms with E-state index in [0.29, 0.717) is 49.9 Å². The molecule has 3 aliphatic rings. The van der Waals surface area contributed by atoms with Crippen LogP contribution in [0.5, 0.6) is 0 Å². The van der Waals surface area contributed by atoms with Gasteiger partial charge in [0.15, 0.2) is 0 Å². The highest BCUT2D eigenvalue weighted by atomic mass is 19.3. The Morgan fingerprint density at radius 2 is 1.74 bits per heavy atom. The summed E-state index contributed by atoms with van der Waals surface area (Å²) in [7, 11) is 0. The van der Waals surface area contributed by atoms with Gasteiger partial charge in [-0.3, -0.25) is 4.57 Å². The van der Waals surface area contributed by atoms with Crippen LogP contribution in [-0.4, -0.2) is 20.8 Å². The molecule has 0 spiro atoms. The van der Waals surface area contributed by atoms with Gasteiger partial charge < -0.3 is 0 Å². The van der Waals surface area contributed by atoms with Crippen LogP contribution in [0, 0.1) is 17.0 Å². The van der Waals surface area contributed by atoms with Gasteiger partial charge >= 0.3 is 5.69 Å². The zero-order valence-corrected chi connectivity index (χ0v) is 14.6. The van der Waals surface area contributed by atoms with Crippen molar-refractivity contribution >= 4 is 0 Å². The van der Waals surface area contributed by atoms with E-state index >= 15 is 0 Å². The van der Waals surface area contributed by atoms with Crippen LogP contribution in [0.4, 0.5) is 17.6 Å². The van der Waals surface area contributed by atoms with Crippen LogP contribution < -0.4 is 5.69 Å². The van der Waals surface area contributed by atoms with Gasteiger partial charge in [-0.05, 0) is 56.2 Å². The van der Waals surface area contributed by atoms with E-state index in [0.717, 1.165) is 6.07 Å². The second kappa shape index (κ2) is 5.45. The molecule has 27 heavy (non-hydrogen) atoms. The van der Waals surface area contributed by atoms with Gasteiger partial charge in [0, 0.05) is 17.9 Å². The van der Waals surface area contributed by atoms with Gasteiger partial charge in [0.25, 0.3) is 0 Å². The average molecular weight is 381 g/mol.